The van der Waals surface area contributed by atoms with Crippen LogP contribution in [0.3, 0.4) is 0 Å². The molecule has 0 aromatic heterocycles. The molecule has 0 amide bonds. The number of halogens is 2. The van der Waals surface area contributed by atoms with Gasteiger partial charge in [-0.25, -0.2) is 0 Å². The van der Waals surface area contributed by atoms with Crippen molar-refractivity contribution >= 4 is 53.2 Å². The molecule has 0 saturated carbocycles. The number of rotatable bonds is 6. The van der Waals surface area contributed by atoms with E-state index in [4.69, 9.17) is 18.9 Å². The number of fused-ring (bicyclic) bond motifs is 2. The van der Waals surface area contributed by atoms with Crippen LogP contribution in [0, 0.1) is 25.7 Å². The topological polar surface area (TPSA) is 36.9 Å². The van der Waals surface area contributed by atoms with Crippen LogP contribution >= 0.6 is 24.8 Å². The number of ether oxygens (including phenoxy) is 4. The Hall–Kier alpha value is -2.38. The molecule has 2 fully saturated rings. The Morgan fingerprint density at radius 3 is 1.09 bits per heavy atom. The van der Waals surface area contributed by atoms with Gasteiger partial charge in [-0.3, -0.25) is 0 Å². The van der Waals surface area contributed by atoms with Gasteiger partial charge in [0.2, 0.25) is 0 Å². The van der Waals surface area contributed by atoms with E-state index in [2.05, 4.69) is 171 Å². The van der Waals surface area contributed by atoms with Crippen LogP contribution in [0.25, 0.3) is 43.8 Å². The third kappa shape index (κ3) is 13.9. The van der Waals surface area contributed by atoms with Gasteiger partial charge in [0.15, 0.2) is 11.6 Å². The first kappa shape index (κ1) is 57.7. The minimum absolute atomic E-state index is 0. The van der Waals surface area contributed by atoms with E-state index >= 15 is 0 Å². The van der Waals surface area contributed by atoms with Gasteiger partial charge in [-0.05, 0) is 73.6 Å². The Labute approximate surface area is 416 Å². The summed E-state index contributed by atoms with van der Waals surface area (Å²) in [5.41, 5.74) is 11.0. The van der Waals surface area contributed by atoms with Crippen molar-refractivity contribution in [1.29, 1.82) is 0 Å². The van der Waals surface area contributed by atoms with Gasteiger partial charge < -0.3 is 33.8 Å². The van der Waals surface area contributed by atoms with Crippen LogP contribution in [-0.4, -0.2) is 44.9 Å². The molecule has 2 heterocycles. The molecule has 4 nitrogen and oxygen atoms in total. The number of hydrogen-bond acceptors (Lipinski definition) is 4. The summed E-state index contributed by atoms with van der Waals surface area (Å²) >= 11 is 1.36. The summed E-state index contributed by atoms with van der Waals surface area (Å²) in [6, 6.07) is 40.4. The molecule has 6 aromatic carbocycles. The number of benzene rings is 4. The average molecular weight is 1000 g/mol. The molecule has 0 bridgehead atoms. The molecule has 348 valence electrons. The predicted octanol–water partition coefficient (Wildman–Crippen LogP) is 15.1. The standard InChI is InChI=1S/2C27H33O2.2CH3.2ClH.Si.Zr/c2*1-25(2,3)24-13-8-7-11-22(24)21-12-9-10-20-14-19(15-23(20)21)16-27(6)17-28-26(4,5)29-18-27;;;;;;/h2*7-15H,16-18H2,1-6H3;2*1H3;2*1H;;/q4*-1;;;;. The van der Waals surface area contributed by atoms with Gasteiger partial charge in [-0.15, -0.1) is 93.9 Å². The summed E-state index contributed by atoms with van der Waals surface area (Å²) in [5, 5.41) is 5.28. The van der Waals surface area contributed by atoms with Gasteiger partial charge >= 0.3 is 30.2 Å². The molecule has 2 aliphatic heterocycles. The quantitative estimate of drug-likeness (QED) is 0.123. The van der Waals surface area contributed by atoms with E-state index in [0.29, 0.717) is 0 Å². The summed E-state index contributed by atoms with van der Waals surface area (Å²) in [6.07, 6.45) is 1.91. The van der Waals surface area contributed by atoms with Crippen molar-refractivity contribution in [2.75, 3.05) is 26.4 Å². The van der Waals surface area contributed by atoms with Crippen LogP contribution < -0.4 is 0 Å². The van der Waals surface area contributed by atoms with E-state index in [1.54, 1.807) is 0 Å². The van der Waals surface area contributed by atoms with Crippen molar-refractivity contribution in [2.45, 2.75) is 118 Å². The van der Waals surface area contributed by atoms with Crippen LogP contribution in [0.5, 0.6) is 0 Å². The van der Waals surface area contributed by atoms with E-state index in [1.807, 2.05) is 27.7 Å². The first-order valence-electron chi connectivity index (χ1n) is 21.5. The Kier molecular flexibility index (Phi) is 20.4. The summed E-state index contributed by atoms with van der Waals surface area (Å²) in [5.74, 6) is -0.944. The second-order valence-corrected chi connectivity index (χ2v) is 20.9. The summed E-state index contributed by atoms with van der Waals surface area (Å²) in [7, 11) is 0. The Balaban J connectivity index is 0.000000400. The Morgan fingerprint density at radius 2 is 0.781 bits per heavy atom. The van der Waals surface area contributed by atoms with Crippen molar-refractivity contribution in [1.82, 2.24) is 0 Å². The van der Waals surface area contributed by atoms with Gasteiger partial charge in [0, 0.05) is 10.8 Å². The normalized spacial score (nSPS) is 17.1. The van der Waals surface area contributed by atoms with E-state index in [-0.39, 0.29) is 61.3 Å². The van der Waals surface area contributed by atoms with Crippen LogP contribution in [0.15, 0.2) is 109 Å². The molecule has 0 aliphatic carbocycles. The predicted molar refractivity (Wildman–Crippen MR) is 276 cm³/mol. The summed E-state index contributed by atoms with van der Waals surface area (Å²) in [4.78, 5) is 0. The molecule has 64 heavy (non-hydrogen) atoms. The molecule has 2 saturated heterocycles. The maximum atomic E-state index is 5.95. The first-order chi connectivity index (χ1) is 28.1. The molecule has 0 spiro atoms. The van der Waals surface area contributed by atoms with Gasteiger partial charge in [-0.1, -0.05) is 127 Å². The second-order valence-electron chi connectivity index (χ2n) is 20.9. The first-order valence-corrected chi connectivity index (χ1v) is 25.7. The Bertz CT molecular complexity index is 2230. The van der Waals surface area contributed by atoms with Gasteiger partial charge in [0.05, 0.1) is 26.4 Å². The molecule has 2 radical (unpaired) electrons. The van der Waals surface area contributed by atoms with Gasteiger partial charge in [0.25, 0.3) is 0 Å². The molecule has 0 unspecified atom stereocenters. The molecule has 0 atom stereocenters. The van der Waals surface area contributed by atoms with Crippen molar-refractivity contribution in [3.05, 3.63) is 146 Å². The van der Waals surface area contributed by atoms with Crippen molar-refractivity contribution < 1.29 is 42.3 Å². The third-order valence-corrected chi connectivity index (χ3v) is 12.0. The zero-order chi connectivity index (χ0) is 43.7. The van der Waals surface area contributed by atoms with Crippen molar-refractivity contribution in [3.8, 4) is 22.3 Å². The zero-order valence-corrected chi connectivity index (χ0v) is 46.2. The SMILES string of the molecule is CC1(Cc2cc3c(-c4ccccc4C(C)(C)C)cccc3[cH-]2)COC(C)(C)OC1.CC1(Cc2cc3c(-c4ccccc4C(C)(C)C)cccc3[cH-]2)COC(C)(C)OC1.Cl.Cl.[CH3-].[CH3-].[Si]=[Zr]. The minimum atomic E-state index is -0.472. The molecule has 6 aromatic rings. The number of hydrogen-bond donors (Lipinski definition) is 0. The molecule has 8 rings (SSSR count). The fourth-order valence-corrected chi connectivity index (χ4v) is 8.76. The van der Waals surface area contributed by atoms with Gasteiger partial charge in [-0.2, -0.15) is 12.1 Å². The second kappa shape index (κ2) is 22.6. The summed E-state index contributed by atoms with van der Waals surface area (Å²) < 4.78 is 23.8. The van der Waals surface area contributed by atoms with Crippen LogP contribution in [0.1, 0.15) is 105 Å². The zero-order valence-electron chi connectivity index (χ0n) is 41.1. The van der Waals surface area contributed by atoms with E-state index in [0.717, 1.165) is 39.3 Å². The van der Waals surface area contributed by atoms with Crippen LogP contribution in [0.2, 0.25) is 0 Å². The third-order valence-electron chi connectivity index (χ3n) is 12.0. The monoisotopic (exact) mass is 998 g/mol. The Morgan fingerprint density at radius 1 is 0.484 bits per heavy atom. The van der Waals surface area contributed by atoms with Crippen molar-refractivity contribution in [3.63, 3.8) is 0 Å². The van der Waals surface area contributed by atoms with Crippen molar-refractivity contribution in [2.24, 2.45) is 10.8 Å². The van der Waals surface area contributed by atoms with E-state index in [9.17, 15) is 0 Å². The van der Waals surface area contributed by atoms with Gasteiger partial charge in [0.1, 0.15) is 0 Å². The molecular weight excluding hydrogens is 927 g/mol. The fourth-order valence-electron chi connectivity index (χ4n) is 8.76. The maximum absolute atomic E-state index is 5.95. The molecule has 2 aliphatic rings. The summed E-state index contributed by atoms with van der Waals surface area (Å²) in [6.45, 7) is 32.1. The van der Waals surface area contributed by atoms with Crippen LogP contribution in [-0.2, 0) is 66.0 Å². The average Bonchev–Trinajstić information content (AvgIpc) is 3.81. The molecule has 8 heteroatoms. The van der Waals surface area contributed by atoms with E-state index in [1.165, 1.54) is 89.4 Å². The van der Waals surface area contributed by atoms with E-state index < -0.39 is 11.6 Å². The molecule has 0 N–H and O–H groups in total. The van der Waals surface area contributed by atoms with Crippen LogP contribution in [0.4, 0.5) is 0 Å². The fraction of sp³-hybridized carbons (Fsp3) is 0.429. The molecular formula is C56H74Cl2O4SiZr-4.